The van der Waals surface area contributed by atoms with Crippen molar-refractivity contribution in [2.75, 3.05) is 23.5 Å². The van der Waals surface area contributed by atoms with E-state index >= 15 is 0 Å². The molecule has 8 heteroatoms. The zero-order chi connectivity index (χ0) is 13.8. The van der Waals surface area contributed by atoms with E-state index in [1.165, 1.54) is 11.1 Å². The SMILES string of the molecule is CN1C(=O)C2(CCS(=O)(=O)CC2)c2nc(Cl)ncc21. The second-order valence-corrected chi connectivity index (χ2v) is 7.61. The Labute approximate surface area is 115 Å². The van der Waals surface area contributed by atoms with Gasteiger partial charge in [0.15, 0.2) is 0 Å². The van der Waals surface area contributed by atoms with Crippen LogP contribution in [0.1, 0.15) is 18.5 Å². The molecule has 19 heavy (non-hydrogen) atoms. The molecule has 0 saturated carbocycles. The fourth-order valence-electron chi connectivity index (χ4n) is 2.82. The molecule has 0 N–H and O–H groups in total. The molecule has 1 spiro atoms. The standard InChI is InChI=1S/C11H12ClN3O3S/c1-15-7-6-13-10(12)14-8(7)11(9(15)16)2-4-19(17,18)5-3-11/h6H,2-5H2,1H3. The second-order valence-electron chi connectivity index (χ2n) is 4.97. The van der Waals surface area contributed by atoms with Crippen LogP contribution in [-0.2, 0) is 20.0 Å². The third-order valence-electron chi connectivity index (χ3n) is 3.95. The summed E-state index contributed by atoms with van der Waals surface area (Å²) in [5, 5.41) is 0.0784. The maximum Gasteiger partial charge on any atom is 0.239 e. The quantitative estimate of drug-likeness (QED) is 0.654. The number of carbonyl (C=O) groups is 1. The molecule has 3 heterocycles. The summed E-state index contributed by atoms with van der Waals surface area (Å²) in [4.78, 5) is 22.0. The molecule has 0 unspecified atom stereocenters. The van der Waals surface area contributed by atoms with Crippen LogP contribution in [0.15, 0.2) is 6.20 Å². The lowest BCUT2D eigenvalue weighted by Crippen LogP contribution is -2.45. The summed E-state index contributed by atoms with van der Waals surface area (Å²) in [6.45, 7) is 0. The lowest BCUT2D eigenvalue weighted by molar-refractivity contribution is -0.123. The van der Waals surface area contributed by atoms with Crippen molar-refractivity contribution in [3.63, 3.8) is 0 Å². The Morgan fingerprint density at radius 1 is 1.37 bits per heavy atom. The minimum Gasteiger partial charge on any atom is -0.312 e. The third-order valence-corrected chi connectivity index (χ3v) is 5.78. The predicted molar refractivity (Wildman–Crippen MR) is 70.0 cm³/mol. The van der Waals surface area contributed by atoms with E-state index < -0.39 is 15.3 Å². The van der Waals surface area contributed by atoms with Crippen LogP contribution in [0.25, 0.3) is 0 Å². The highest BCUT2D eigenvalue weighted by Gasteiger charge is 2.53. The van der Waals surface area contributed by atoms with Crippen LogP contribution in [0.2, 0.25) is 5.28 Å². The van der Waals surface area contributed by atoms with Gasteiger partial charge >= 0.3 is 0 Å². The van der Waals surface area contributed by atoms with Gasteiger partial charge in [-0.2, -0.15) is 0 Å². The van der Waals surface area contributed by atoms with Crippen molar-refractivity contribution in [2.45, 2.75) is 18.3 Å². The van der Waals surface area contributed by atoms with Gasteiger partial charge < -0.3 is 4.90 Å². The van der Waals surface area contributed by atoms with Crippen LogP contribution < -0.4 is 4.90 Å². The highest BCUT2D eigenvalue weighted by atomic mass is 35.5. The van der Waals surface area contributed by atoms with Gasteiger partial charge in [-0.05, 0) is 24.4 Å². The van der Waals surface area contributed by atoms with Crippen molar-refractivity contribution < 1.29 is 13.2 Å². The molecule has 0 radical (unpaired) electrons. The molecule has 2 aliphatic heterocycles. The zero-order valence-corrected chi connectivity index (χ0v) is 11.8. The van der Waals surface area contributed by atoms with Crippen molar-refractivity contribution in [3.05, 3.63) is 17.2 Å². The molecule has 0 aliphatic carbocycles. The zero-order valence-electron chi connectivity index (χ0n) is 10.3. The lowest BCUT2D eigenvalue weighted by atomic mass is 9.79. The van der Waals surface area contributed by atoms with Crippen LogP contribution in [0, 0.1) is 0 Å². The Kier molecular flexibility index (Phi) is 2.62. The molecule has 0 bridgehead atoms. The number of sulfone groups is 1. The number of amides is 1. The van der Waals surface area contributed by atoms with E-state index in [1.807, 2.05) is 0 Å². The fourth-order valence-corrected chi connectivity index (χ4v) is 4.48. The monoisotopic (exact) mass is 301 g/mol. The second kappa shape index (κ2) is 3.89. The first-order valence-corrected chi connectivity index (χ1v) is 8.07. The first-order valence-electron chi connectivity index (χ1n) is 5.87. The van der Waals surface area contributed by atoms with Crippen molar-refractivity contribution in [1.82, 2.24) is 9.97 Å². The number of aromatic nitrogens is 2. The van der Waals surface area contributed by atoms with Gasteiger partial charge in [0.25, 0.3) is 0 Å². The van der Waals surface area contributed by atoms with Gasteiger partial charge in [0.1, 0.15) is 9.84 Å². The van der Waals surface area contributed by atoms with E-state index in [4.69, 9.17) is 11.6 Å². The van der Waals surface area contributed by atoms with Gasteiger partial charge in [-0.15, -0.1) is 0 Å². The summed E-state index contributed by atoms with van der Waals surface area (Å²) < 4.78 is 23.1. The molecule has 1 amide bonds. The molecule has 102 valence electrons. The summed E-state index contributed by atoms with van der Waals surface area (Å²) in [5.41, 5.74) is 0.339. The molecule has 2 aliphatic rings. The molecule has 1 aromatic rings. The minimum atomic E-state index is -3.05. The Morgan fingerprint density at radius 3 is 2.63 bits per heavy atom. The first kappa shape index (κ1) is 12.8. The molecule has 6 nitrogen and oxygen atoms in total. The minimum absolute atomic E-state index is 0.00758. The molecular weight excluding hydrogens is 290 g/mol. The summed E-state index contributed by atoms with van der Waals surface area (Å²) in [6, 6.07) is 0. The molecule has 1 saturated heterocycles. The number of hydrogen-bond donors (Lipinski definition) is 0. The van der Waals surface area contributed by atoms with Crippen molar-refractivity contribution in [2.24, 2.45) is 0 Å². The van der Waals surface area contributed by atoms with E-state index in [-0.39, 0.29) is 35.5 Å². The van der Waals surface area contributed by atoms with E-state index in [0.29, 0.717) is 11.4 Å². The van der Waals surface area contributed by atoms with Gasteiger partial charge in [-0.25, -0.2) is 18.4 Å². The number of hydrogen-bond acceptors (Lipinski definition) is 5. The Balaban J connectivity index is 2.13. The average Bonchev–Trinajstić information content (AvgIpc) is 2.56. The summed E-state index contributed by atoms with van der Waals surface area (Å²) in [5.74, 6) is -0.102. The lowest BCUT2D eigenvalue weighted by Gasteiger charge is -2.30. The molecule has 1 aromatic heterocycles. The van der Waals surface area contributed by atoms with Gasteiger partial charge in [-0.1, -0.05) is 0 Å². The van der Waals surface area contributed by atoms with Crippen LogP contribution in [0.4, 0.5) is 5.69 Å². The predicted octanol–water partition coefficient (Wildman–Crippen LogP) is 0.553. The fraction of sp³-hybridized carbons (Fsp3) is 0.545. The maximum atomic E-state index is 12.5. The Hall–Kier alpha value is -1.21. The summed E-state index contributed by atoms with van der Waals surface area (Å²) in [6.07, 6.45) is 2.04. The summed E-state index contributed by atoms with van der Waals surface area (Å²) >= 11 is 5.81. The maximum absolute atomic E-state index is 12.5. The molecule has 1 fully saturated rings. The van der Waals surface area contributed by atoms with Crippen LogP contribution in [0.3, 0.4) is 0 Å². The van der Waals surface area contributed by atoms with Crippen molar-refractivity contribution in [3.8, 4) is 0 Å². The van der Waals surface area contributed by atoms with Gasteiger partial charge in [0.05, 0.1) is 34.5 Å². The highest BCUT2D eigenvalue weighted by molar-refractivity contribution is 7.91. The van der Waals surface area contributed by atoms with Gasteiger partial charge in [-0.3, -0.25) is 4.79 Å². The number of fused-ring (bicyclic) bond motifs is 2. The Bertz CT molecular complexity index is 660. The third kappa shape index (κ3) is 1.75. The van der Waals surface area contributed by atoms with E-state index in [1.54, 1.807) is 7.05 Å². The number of anilines is 1. The van der Waals surface area contributed by atoms with Crippen LogP contribution >= 0.6 is 11.6 Å². The van der Waals surface area contributed by atoms with Gasteiger partial charge in [0, 0.05) is 7.05 Å². The highest BCUT2D eigenvalue weighted by Crippen LogP contribution is 2.46. The number of rotatable bonds is 0. The average molecular weight is 302 g/mol. The molecular formula is C11H12ClN3O3S. The number of carbonyl (C=O) groups excluding carboxylic acids is 1. The Morgan fingerprint density at radius 2 is 2.00 bits per heavy atom. The normalized spacial score (nSPS) is 23.7. The molecule has 0 atom stereocenters. The molecule has 0 aromatic carbocycles. The molecule has 3 rings (SSSR count). The number of nitrogens with zero attached hydrogens (tertiary/aromatic N) is 3. The summed E-state index contributed by atoms with van der Waals surface area (Å²) in [7, 11) is -1.40. The van der Waals surface area contributed by atoms with Crippen molar-refractivity contribution >= 4 is 33.0 Å². The van der Waals surface area contributed by atoms with Crippen molar-refractivity contribution in [1.29, 1.82) is 0 Å². The topological polar surface area (TPSA) is 80.2 Å². The largest absolute Gasteiger partial charge is 0.312 e. The van der Waals surface area contributed by atoms with E-state index in [9.17, 15) is 13.2 Å². The van der Waals surface area contributed by atoms with Crippen LogP contribution in [0.5, 0.6) is 0 Å². The van der Waals surface area contributed by atoms with Gasteiger partial charge in [0.2, 0.25) is 11.2 Å². The number of likely N-dealkylation sites (N-methyl/N-ethyl adjacent to an activating group) is 1. The number of halogens is 1. The van der Waals surface area contributed by atoms with Crippen LogP contribution in [-0.4, -0.2) is 42.8 Å². The smallest absolute Gasteiger partial charge is 0.239 e. The van der Waals surface area contributed by atoms with E-state index in [0.717, 1.165) is 0 Å². The van der Waals surface area contributed by atoms with E-state index in [2.05, 4.69) is 9.97 Å². The first-order chi connectivity index (χ1) is 8.86.